The Morgan fingerprint density at radius 2 is 1.84 bits per heavy atom. The Morgan fingerprint density at radius 1 is 1.08 bits per heavy atom. The molecule has 0 bridgehead atoms. The van der Waals surface area contributed by atoms with Crippen molar-refractivity contribution in [3.05, 3.63) is 65.5 Å². The maximum absolute atomic E-state index is 14.0. The number of nitrogens with one attached hydrogen (secondary N) is 1. The van der Waals surface area contributed by atoms with E-state index in [0.717, 1.165) is 6.07 Å². The van der Waals surface area contributed by atoms with Gasteiger partial charge in [0.2, 0.25) is 0 Å². The number of carbonyl (C=O) groups is 3. The van der Waals surface area contributed by atoms with Crippen LogP contribution in [0.5, 0.6) is 5.75 Å². The minimum atomic E-state index is -0.997. The second kappa shape index (κ2) is 6.56. The van der Waals surface area contributed by atoms with E-state index in [4.69, 9.17) is 4.74 Å². The third kappa shape index (κ3) is 3.12. The first kappa shape index (κ1) is 16.4. The van der Waals surface area contributed by atoms with Crippen molar-refractivity contribution in [1.82, 2.24) is 5.32 Å². The van der Waals surface area contributed by atoms with Crippen LogP contribution in [-0.4, -0.2) is 25.0 Å². The van der Waals surface area contributed by atoms with Gasteiger partial charge in [-0.05, 0) is 35.9 Å². The molecule has 1 aliphatic rings. The van der Waals surface area contributed by atoms with E-state index in [1.165, 1.54) is 31.4 Å². The van der Waals surface area contributed by atoms with Crippen molar-refractivity contribution in [2.24, 2.45) is 0 Å². The summed E-state index contributed by atoms with van der Waals surface area (Å²) in [6, 6.07) is 11.0. The number of urea groups is 1. The van der Waals surface area contributed by atoms with E-state index < -0.39 is 23.7 Å². The molecule has 0 unspecified atom stereocenters. The van der Waals surface area contributed by atoms with Crippen LogP contribution in [0.25, 0.3) is 6.08 Å². The van der Waals surface area contributed by atoms with Crippen LogP contribution in [0.15, 0.2) is 54.1 Å². The van der Waals surface area contributed by atoms with Crippen molar-refractivity contribution in [2.45, 2.75) is 0 Å². The fraction of sp³-hybridized carbons (Fsp3) is 0.0556. The topological polar surface area (TPSA) is 75.7 Å². The zero-order valence-corrected chi connectivity index (χ0v) is 13.2. The molecule has 1 aliphatic heterocycles. The Balaban J connectivity index is 2.04. The Labute approximate surface area is 142 Å². The van der Waals surface area contributed by atoms with E-state index in [0.29, 0.717) is 16.2 Å². The third-order valence-electron chi connectivity index (χ3n) is 3.60. The molecule has 0 atom stereocenters. The number of nitrogens with zero attached hydrogens (tertiary/aromatic N) is 1. The summed E-state index contributed by atoms with van der Waals surface area (Å²) in [5.41, 5.74) is 0.0193. The molecule has 1 heterocycles. The molecule has 4 amide bonds. The van der Waals surface area contributed by atoms with Crippen molar-refractivity contribution in [2.75, 3.05) is 12.0 Å². The average molecular weight is 340 g/mol. The van der Waals surface area contributed by atoms with Gasteiger partial charge in [0.25, 0.3) is 11.8 Å². The molecule has 0 radical (unpaired) electrons. The van der Waals surface area contributed by atoms with Crippen LogP contribution < -0.4 is 15.0 Å². The lowest BCUT2D eigenvalue weighted by Crippen LogP contribution is -2.54. The standard InChI is InChI=1S/C18H13FN2O4/c1-25-12-6-4-5-11(9-12)10-13-16(22)20-18(24)21(17(13)23)15-8-3-2-7-14(15)19/h2-10H,1H3,(H,20,22,24)/b13-10-. The van der Waals surface area contributed by atoms with Crippen LogP contribution in [0.4, 0.5) is 14.9 Å². The van der Waals surface area contributed by atoms with Crippen molar-refractivity contribution in [1.29, 1.82) is 0 Å². The number of methoxy groups -OCH3 is 1. The van der Waals surface area contributed by atoms with Gasteiger partial charge in [-0.15, -0.1) is 0 Å². The lowest BCUT2D eigenvalue weighted by Gasteiger charge is -2.26. The highest BCUT2D eigenvalue weighted by atomic mass is 19.1. The summed E-state index contributed by atoms with van der Waals surface area (Å²) >= 11 is 0. The number of hydrogen-bond acceptors (Lipinski definition) is 4. The van der Waals surface area contributed by atoms with Gasteiger partial charge < -0.3 is 4.74 Å². The molecule has 1 fully saturated rings. The molecular formula is C18H13FN2O4. The number of carbonyl (C=O) groups excluding carboxylic acids is 3. The van der Waals surface area contributed by atoms with Crippen molar-refractivity contribution in [3.8, 4) is 5.75 Å². The summed E-state index contributed by atoms with van der Waals surface area (Å²) in [6.45, 7) is 0. The number of rotatable bonds is 3. The highest BCUT2D eigenvalue weighted by Crippen LogP contribution is 2.25. The number of para-hydroxylation sites is 1. The van der Waals surface area contributed by atoms with Crippen LogP contribution in [0.2, 0.25) is 0 Å². The van der Waals surface area contributed by atoms with Gasteiger partial charge in [-0.25, -0.2) is 14.1 Å². The first-order valence-corrected chi connectivity index (χ1v) is 7.31. The molecule has 1 saturated heterocycles. The normalized spacial score (nSPS) is 16.2. The monoisotopic (exact) mass is 340 g/mol. The van der Waals surface area contributed by atoms with Crippen molar-refractivity contribution in [3.63, 3.8) is 0 Å². The fourth-order valence-electron chi connectivity index (χ4n) is 2.41. The van der Waals surface area contributed by atoms with Crippen LogP contribution in [-0.2, 0) is 9.59 Å². The van der Waals surface area contributed by atoms with Crippen LogP contribution in [0, 0.1) is 5.82 Å². The molecule has 3 rings (SSSR count). The number of hydrogen-bond donors (Lipinski definition) is 1. The smallest absolute Gasteiger partial charge is 0.336 e. The third-order valence-corrected chi connectivity index (χ3v) is 3.60. The number of imide groups is 2. The molecule has 1 N–H and O–H groups in total. The largest absolute Gasteiger partial charge is 0.497 e. The zero-order valence-electron chi connectivity index (χ0n) is 13.2. The second-order valence-corrected chi connectivity index (χ2v) is 5.19. The predicted molar refractivity (Wildman–Crippen MR) is 88.4 cm³/mol. The van der Waals surface area contributed by atoms with E-state index in [9.17, 15) is 18.8 Å². The van der Waals surface area contributed by atoms with Gasteiger partial charge in [0.05, 0.1) is 12.8 Å². The molecule has 126 valence electrons. The van der Waals surface area contributed by atoms with Gasteiger partial charge in [0.15, 0.2) is 0 Å². The molecule has 25 heavy (non-hydrogen) atoms. The molecule has 6 nitrogen and oxygen atoms in total. The summed E-state index contributed by atoms with van der Waals surface area (Å²) in [4.78, 5) is 37.3. The first-order chi connectivity index (χ1) is 12.0. The number of amides is 4. The maximum Gasteiger partial charge on any atom is 0.336 e. The fourth-order valence-corrected chi connectivity index (χ4v) is 2.41. The lowest BCUT2D eigenvalue weighted by atomic mass is 10.1. The van der Waals surface area contributed by atoms with Gasteiger partial charge in [-0.3, -0.25) is 14.9 Å². The number of ether oxygens (including phenoxy) is 1. The summed E-state index contributed by atoms with van der Waals surface area (Å²) in [5, 5.41) is 2.05. The Bertz CT molecular complexity index is 907. The van der Waals surface area contributed by atoms with E-state index in [1.54, 1.807) is 24.3 Å². The molecular weight excluding hydrogens is 327 g/mol. The lowest BCUT2D eigenvalue weighted by molar-refractivity contribution is -0.122. The number of benzene rings is 2. The average Bonchev–Trinajstić information content (AvgIpc) is 2.60. The molecule has 0 aliphatic carbocycles. The van der Waals surface area contributed by atoms with E-state index >= 15 is 0 Å². The summed E-state index contributed by atoms with van der Waals surface area (Å²) in [5.74, 6) is -1.95. The molecule has 2 aromatic carbocycles. The van der Waals surface area contributed by atoms with Crippen LogP contribution >= 0.6 is 0 Å². The quantitative estimate of drug-likeness (QED) is 0.688. The summed E-state index contributed by atoms with van der Waals surface area (Å²) in [6.07, 6.45) is 1.32. The molecule has 0 aromatic heterocycles. The maximum atomic E-state index is 14.0. The Kier molecular flexibility index (Phi) is 4.30. The van der Waals surface area contributed by atoms with E-state index in [-0.39, 0.29) is 11.3 Å². The number of barbiturate groups is 1. The molecule has 0 spiro atoms. The summed E-state index contributed by atoms with van der Waals surface area (Å²) in [7, 11) is 1.49. The molecule has 0 saturated carbocycles. The minimum Gasteiger partial charge on any atom is -0.497 e. The second-order valence-electron chi connectivity index (χ2n) is 5.19. The van der Waals surface area contributed by atoms with E-state index in [1.807, 2.05) is 5.32 Å². The number of anilines is 1. The SMILES string of the molecule is COc1cccc(/C=C2/C(=O)NC(=O)N(c3ccccc3F)C2=O)c1. The minimum absolute atomic E-state index is 0.228. The molecule has 7 heteroatoms. The Hall–Kier alpha value is -3.48. The van der Waals surface area contributed by atoms with Gasteiger partial charge in [-0.2, -0.15) is 0 Å². The Morgan fingerprint density at radius 3 is 2.56 bits per heavy atom. The van der Waals surface area contributed by atoms with Crippen molar-refractivity contribution < 1.29 is 23.5 Å². The van der Waals surface area contributed by atoms with Crippen LogP contribution in [0.1, 0.15) is 5.56 Å². The van der Waals surface area contributed by atoms with Gasteiger partial charge in [-0.1, -0.05) is 24.3 Å². The van der Waals surface area contributed by atoms with Gasteiger partial charge in [0.1, 0.15) is 17.1 Å². The van der Waals surface area contributed by atoms with Crippen molar-refractivity contribution >= 4 is 29.6 Å². The predicted octanol–water partition coefficient (Wildman–Crippen LogP) is 2.50. The first-order valence-electron chi connectivity index (χ1n) is 7.31. The van der Waals surface area contributed by atoms with Gasteiger partial charge in [0, 0.05) is 0 Å². The van der Waals surface area contributed by atoms with Gasteiger partial charge >= 0.3 is 6.03 Å². The highest BCUT2D eigenvalue weighted by molar-refractivity contribution is 6.39. The number of halogens is 1. The van der Waals surface area contributed by atoms with Crippen LogP contribution in [0.3, 0.4) is 0 Å². The molecule has 2 aromatic rings. The summed E-state index contributed by atoms with van der Waals surface area (Å²) < 4.78 is 19.1. The van der Waals surface area contributed by atoms with E-state index in [2.05, 4.69) is 0 Å². The zero-order chi connectivity index (χ0) is 18.0. The highest BCUT2D eigenvalue weighted by Gasteiger charge is 2.37.